The summed E-state index contributed by atoms with van der Waals surface area (Å²) in [6.45, 7) is 2.57. The molecule has 3 aromatic rings. The number of benzene rings is 2. The van der Waals surface area contributed by atoms with Gasteiger partial charge in [0.25, 0.3) is 0 Å². The highest BCUT2D eigenvalue weighted by atomic mass is 19.4. The molecule has 0 radical (unpaired) electrons. The van der Waals surface area contributed by atoms with Crippen LogP contribution in [0.5, 0.6) is 11.5 Å². The number of ether oxygens (including phenoxy) is 3. The Labute approximate surface area is 200 Å². The van der Waals surface area contributed by atoms with Crippen molar-refractivity contribution in [3.63, 3.8) is 0 Å². The van der Waals surface area contributed by atoms with Crippen LogP contribution in [0.3, 0.4) is 0 Å². The largest absolute Gasteiger partial charge is 0.573 e. The van der Waals surface area contributed by atoms with Gasteiger partial charge in [-0.3, -0.25) is 4.79 Å². The molecule has 3 rings (SSSR count). The van der Waals surface area contributed by atoms with E-state index in [4.69, 9.17) is 10.5 Å². The quantitative estimate of drug-likeness (QED) is 0.305. The molecule has 0 aliphatic heterocycles. The normalized spacial score (nSPS) is 11.9. The number of halogens is 3. The number of para-hydroxylation sites is 1. The zero-order valence-corrected chi connectivity index (χ0v) is 19.3. The summed E-state index contributed by atoms with van der Waals surface area (Å²) < 4.78 is 53.6. The summed E-state index contributed by atoms with van der Waals surface area (Å²) in [5.41, 5.74) is 8.57. The van der Waals surface area contributed by atoms with E-state index in [1.165, 1.54) is 37.6 Å². The third-order valence-corrected chi connectivity index (χ3v) is 5.16. The molecular weight excluding hydrogens is 463 g/mol. The van der Waals surface area contributed by atoms with Gasteiger partial charge in [-0.15, -0.1) is 13.2 Å². The molecule has 0 spiro atoms. The SMILES string of the molecule is COC(=O)CC/C(C)=C/COc1ccccc1Cn1c(N)cnc1-c1ccc(OC(F)(F)F)cc1. The molecule has 0 amide bonds. The number of carbonyl (C=O) groups is 1. The fourth-order valence-corrected chi connectivity index (χ4v) is 3.31. The minimum Gasteiger partial charge on any atom is -0.489 e. The lowest BCUT2D eigenvalue weighted by molar-refractivity contribution is -0.274. The second-order valence-corrected chi connectivity index (χ2v) is 7.71. The van der Waals surface area contributed by atoms with Crippen LogP contribution >= 0.6 is 0 Å². The fraction of sp³-hybridized carbons (Fsp3) is 0.280. The van der Waals surface area contributed by atoms with Crippen molar-refractivity contribution in [2.45, 2.75) is 32.7 Å². The second kappa shape index (κ2) is 11.5. The molecule has 0 unspecified atom stereocenters. The first-order valence-corrected chi connectivity index (χ1v) is 10.8. The number of hydrogen-bond acceptors (Lipinski definition) is 6. The van der Waals surface area contributed by atoms with E-state index < -0.39 is 6.36 Å². The summed E-state index contributed by atoms with van der Waals surface area (Å²) in [5, 5.41) is 0. The smallest absolute Gasteiger partial charge is 0.489 e. The van der Waals surface area contributed by atoms with Crippen LogP contribution < -0.4 is 15.2 Å². The number of methoxy groups -OCH3 is 1. The van der Waals surface area contributed by atoms with Gasteiger partial charge in [-0.05, 0) is 49.8 Å². The lowest BCUT2D eigenvalue weighted by Gasteiger charge is -2.14. The molecule has 0 fully saturated rings. The number of anilines is 1. The van der Waals surface area contributed by atoms with Crippen molar-refractivity contribution in [1.29, 1.82) is 0 Å². The van der Waals surface area contributed by atoms with Gasteiger partial charge >= 0.3 is 12.3 Å². The number of imidazole rings is 1. The van der Waals surface area contributed by atoms with Gasteiger partial charge in [-0.25, -0.2) is 4.98 Å². The van der Waals surface area contributed by atoms with Crippen LogP contribution in [0.15, 0.2) is 66.4 Å². The Kier molecular flexibility index (Phi) is 8.40. The van der Waals surface area contributed by atoms with Crippen LogP contribution in [-0.2, 0) is 16.1 Å². The molecule has 10 heteroatoms. The van der Waals surface area contributed by atoms with Crippen molar-refractivity contribution in [1.82, 2.24) is 9.55 Å². The van der Waals surface area contributed by atoms with Crippen molar-refractivity contribution in [2.75, 3.05) is 19.5 Å². The number of carbonyl (C=O) groups excluding carboxylic acids is 1. The van der Waals surface area contributed by atoms with Crippen LogP contribution in [0.2, 0.25) is 0 Å². The van der Waals surface area contributed by atoms with Crippen LogP contribution in [0, 0.1) is 0 Å². The predicted molar refractivity (Wildman–Crippen MR) is 125 cm³/mol. The Bertz CT molecular complexity index is 1170. The van der Waals surface area contributed by atoms with Gasteiger partial charge in [-0.1, -0.05) is 23.8 Å². The first kappa shape index (κ1) is 25.7. The number of allylic oxidation sites excluding steroid dienone is 1. The van der Waals surface area contributed by atoms with E-state index in [1.807, 2.05) is 37.3 Å². The summed E-state index contributed by atoms with van der Waals surface area (Å²) >= 11 is 0. The third kappa shape index (κ3) is 7.53. The summed E-state index contributed by atoms with van der Waals surface area (Å²) in [5.74, 6) is 0.956. The number of rotatable bonds is 10. The maximum atomic E-state index is 12.4. The van der Waals surface area contributed by atoms with E-state index in [1.54, 1.807) is 4.57 Å². The fourth-order valence-electron chi connectivity index (χ4n) is 3.31. The molecule has 0 aliphatic rings. The van der Waals surface area contributed by atoms with E-state index in [0.717, 1.165) is 11.1 Å². The monoisotopic (exact) mass is 489 g/mol. The van der Waals surface area contributed by atoms with Crippen LogP contribution in [0.1, 0.15) is 25.3 Å². The molecule has 35 heavy (non-hydrogen) atoms. The highest BCUT2D eigenvalue weighted by molar-refractivity contribution is 5.69. The molecule has 1 aromatic heterocycles. The molecule has 0 bridgehead atoms. The highest BCUT2D eigenvalue weighted by Gasteiger charge is 2.31. The number of nitrogen functional groups attached to an aromatic ring is 1. The lowest BCUT2D eigenvalue weighted by atomic mass is 10.1. The van der Waals surface area contributed by atoms with Crippen LogP contribution in [0.25, 0.3) is 11.4 Å². The summed E-state index contributed by atoms with van der Waals surface area (Å²) in [6.07, 6.45) is -0.475. The van der Waals surface area contributed by atoms with Crippen molar-refractivity contribution in [3.8, 4) is 22.9 Å². The Morgan fingerprint density at radius 1 is 1.11 bits per heavy atom. The van der Waals surface area contributed by atoms with Crippen molar-refractivity contribution in [3.05, 3.63) is 71.9 Å². The van der Waals surface area contributed by atoms with E-state index in [0.29, 0.717) is 48.9 Å². The highest BCUT2D eigenvalue weighted by Crippen LogP contribution is 2.29. The maximum Gasteiger partial charge on any atom is 0.573 e. The Balaban J connectivity index is 1.73. The maximum absolute atomic E-state index is 12.4. The van der Waals surface area contributed by atoms with Gasteiger partial charge in [-0.2, -0.15) is 0 Å². The zero-order valence-electron chi connectivity index (χ0n) is 19.3. The minimum atomic E-state index is -4.76. The molecule has 186 valence electrons. The number of aromatic nitrogens is 2. The van der Waals surface area contributed by atoms with Gasteiger partial charge < -0.3 is 24.5 Å². The number of esters is 1. The first-order valence-electron chi connectivity index (χ1n) is 10.8. The number of nitrogens with two attached hydrogens (primary N) is 1. The predicted octanol–water partition coefficient (Wildman–Crippen LogP) is 5.36. The Morgan fingerprint density at radius 3 is 2.51 bits per heavy atom. The summed E-state index contributed by atoms with van der Waals surface area (Å²) in [6, 6.07) is 12.9. The average molecular weight is 489 g/mol. The molecular formula is C25H26F3N3O4. The number of nitrogens with zero attached hydrogens (tertiary/aromatic N) is 2. The second-order valence-electron chi connectivity index (χ2n) is 7.71. The average Bonchev–Trinajstić information content (AvgIpc) is 3.18. The molecule has 2 N–H and O–H groups in total. The Hall–Kier alpha value is -3.95. The van der Waals surface area contributed by atoms with E-state index >= 15 is 0 Å². The molecule has 0 atom stereocenters. The molecule has 7 nitrogen and oxygen atoms in total. The standard InChI is InChI=1S/C25H26F3N3O4/c1-17(7-12-23(32)33-2)13-14-34-21-6-4-3-5-19(21)16-31-22(29)15-30-24(31)18-8-10-20(11-9-18)35-25(26,27)28/h3-6,8-11,13,15H,7,12,14,16,29H2,1-2H3/b17-13+. The molecule has 0 saturated carbocycles. The van der Waals surface area contributed by atoms with E-state index in [9.17, 15) is 18.0 Å². The number of alkyl halides is 3. The minimum absolute atomic E-state index is 0.264. The van der Waals surface area contributed by atoms with Gasteiger partial charge in [0.05, 0.1) is 19.9 Å². The van der Waals surface area contributed by atoms with Crippen molar-refractivity contribution >= 4 is 11.8 Å². The molecule has 0 saturated heterocycles. The van der Waals surface area contributed by atoms with Crippen LogP contribution in [-0.4, -0.2) is 35.6 Å². The van der Waals surface area contributed by atoms with Crippen molar-refractivity contribution in [2.24, 2.45) is 0 Å². The zero-order chi connectivity index (χ0) is 25.4. The third-order valence-electron chi connectivity index (χ3n) is 5.16. The lowest BCUT2D eigenvalue weighted by Crippen LogP contribution is -2.17. The Morgan fingerprint density at radius 2 is 1.83 bits per heavy atom. The molecule has 1 heterocycles. The van der Waals surface area contributed by atoms with Crippen LogP contribution in [0.4, 0.5) is 19.0 Å². The summed E-state index contributed by atoms with van der Waals surface area (Å²) in [7, 11) is 1.36. The molecule has 2 aromatic carbocycles. The topological polar surface area (TPSA) is 88.6 Å². The van der Waals surface area contributed by atoms with Gasteiger partial charge in [0.15, 0.2) is 0 Å². The van der Waals surface area contributed by atoms with Gasteiger partial charge in [0.1, 0.15) is 29.7 Å². The first-order chi connectivity index (χ1) is 16.7. The number of hydrogen-bond donors (Lipinski definition) is 1. The van der Waals surface area contributed by atoms with Gasteiger partial charge in [0, 0.05) is 17.5 Å². The van der Waals surface area contributed by atoms with Crippen molar-refractivity contribution < 1.29 is 32.2 Å². The molecule has 0 aliphatic carbocycles. The van der Waals surface area contributed by atoms with E-state index in [-0.39, 0.29) is 11.7 Å². The van der Waals surface area contributed by atoms with E-state index in [2.05, 4.69) is 14.5 Å². The van der Waals surface area contributed by atoms with Gasteiger partial charge in [0.2, 0.25) is 0 Å². The summed E-state index contributed by atoms with van der Waals surface area (Å²) in [4.78, 5) is 15.6.